The minimum atomic E-state index is -1.00. The van der Waals surface area contributed by atoms with Gasteiger partial charge in [0, 0.05) is 24.9 Å². The van der Waals surface area contributed by atoms with Gasteiger partial charge >= 0.3 is 5.97 Å². The molecule has 21 heavy (non-hydrogen) atoms. The van der Waals surface area contributed by atoms with E-state index in [1.165, 1.54) is 6.20 Å². The van der Waals surface area contributed by atoms with E-state index in [0.717, 1.165) is 5.56 Å². The van der Waals surface area contributed by atoms with Gasteiger partial charge in [-0.3, -0.25) is 0 Å². The average Bonchev–Trinajstić information content (AvgIpc) is 2.47. The van der Waals surface area contributed by atoms with Crippen molar-refractivity contribution >= 4 is 5.97 Å². The standard InChI is InChI=1S/C15H17N3O3/c1-9(2)14-11(15(19)20)8-16-12(18-14)6-10-4-5-13(21-3)17-7-10/h4-5,7-9H,6H2,1-3H3,(H,19,20). The number of hydrogen-bond acceptors (Lipinski definition) is 5. The number of nitrogens with zero attached hydrogens (tertiary/aromatic N) is 3. The van der Waals surface area contributed by atoms with E-state index in [1.54, 1.807) is 19.4 Å². The highest BCUT2D eigenvalue weighted by atomic mass is 16.5. The minimum absolute atomic E-state index is 0.0202. The fraction of sp³-hybridized carbons (Fsp3) is 0.333. The number of methoxy groups -OCH3 is 1. The summed E-state index contributed by atoms with van der Waals surface area (Å²) >= 11 is 0. The van der Waals surface area contributed by atoms with Crippen LogP contribution in [-0.2, 0) is 6.42 Å². The molecular weight excluding hydrogens is 270 g/mol. The molecular formula is C15H17N3O3. The normalized spacial score (nSPS) is 10.7. The van der Waals surface area contributed by atoms with Gasteiger partial charge in [-0.2, -0.15) is 0 Å². The second kappa shape index (κ2) is 6.30. The summed E-state index contributed by atoms with van der Waals surface area (Å²) in [5, 5.41) is 9.15. The van der Waals surface area contributed by atoms with Gasteiger partial charge < -0.3 is 9.84 Å². The molecule has 0 aliphatic heterocycles. The molecule has 0 bridgehead atoms. The van der Waals surface area contributed by atoms with Gasteiger partial charge in [-0.05, 0) is 11.5 Å². The highest BCUT2D eigenvalue weighted by Gasteiger charge is 2.16. The summed E-state index contributed by atoms with van der Waals surface area (Å²) in [5.41, 5.74) is 1.64. The number of carbonyl (C=O) groups is 1. The number of ether oxygens (including phenoxy) is 1. The molecule has 0 fully saturated rings. The number of carboxylic acid groups (broad SMARTS) is 1. The van der Waals surface area contributed by atoms with Gasteiger partial charge in [-0.1, -0.05) is 19.9 Å². The Morgan fingerprint density at radius 1 is 1.29 bits per heavy atom. The fourth-order valence-electron chi connectivity index (χ4n) is 1.94. The summed E-state index contributed by atoms with van der Waals surface area (Å²) in [7, 11) is 1.56. The maximum Gasteiger partial charge on any atom is 0.339 e. The van der Waals surface area contributed by atoms with Crippen LogP contribution in [0.25, 0.3) is 0 Å². The molecule has 110 valence electrons. The number of aromatic carboxylic acids is 1. The second-order valence-electron chi connectivity index (χ2n) is 4.93. The zero-order valence-corrected chi connectivity index (χ0v) is 12.2. The molecule has 2 aromatic heterocycles. The van der Waals surface area contributed by atoms with E-state index in [4.69, 9.17) is 9.84 Å². The van der Waals surface area contributed by atoms with Crippen LogP contribution in [0.3, 0.4) is 0 Å². The van der Waals surface area contributed by atoms with Gasteiger partial charge in [-0.25, -0.2) is 19.7 Å². The van der Waals surface area contributed by atoms with Gasteiger partial charge in [0.2, 0.25) is 5.88 Å². The monoisotopic (exact) mass is 287 g/mol. The van der Waals surface area contributed by atoms with Crippen LogP contribution in [0, 0.1) is 0 Å². The summed E-state index contributed by atoms with van der Waals surface area (Å²) in [4.78, 5) is 23.8. The fourth-order valence-corrected chi connectivity index (χ4v) is 1.94. The average molecular weight is 287 g/mol. The third-order valence-electron chi connectivity index (χ3n) is 3.01. The molecule has 0 atom stereocenters. The highest BCUT2D eigenvalue weighted by Crippen LogP contribution is 2.18. The molecule has 0 aliphatic carbocycles. The molecule has 0 radical (unpaired) electrons. The van der Waals surface area contributed by atoms with Crippen LogP contribution in [0.5, 0.6) is 5.88 Å². The van der Waals surface area contributed by atoms with Gasteiger partial charge in [0.15, 0.2) is 0 Å². The molecule has 0 aromatic carbocycles. The summed E-state index contributed by atoms with van der Waals surface area (Å²) in [6.45, 7) is 3.82. The molecule has 2 rings (SSSR count). The van der Waals surface area contributed by atoms with E-state index < -0.39 is 5.97 Å². The first-order chi connectivity index (χ1) is 10.0. The summed E-state index contributed by atoms with van der Waals surface area (Å²) in [6.07, 6.45) is 3.57. The van der Waals surface area contributed by atoms with Crippen molar-refractivity contribution in [3.8, 4) is 5.88 Å². The Hall–Kier alpha value is -2.50. The molecule has 2 aromatic rings. The van der Waals surface area contributed by atoms with Crippen LogP contribution in [0.1, 0.15) is 47.2 Å². The second-order valence-corrected chi connectivity index (χ2v) is 4.93. The van der Waals surface area contributed by atoms with Gasteiger partial charge in [0.1, 0.15) is 5.82 Å². The van der Waals surface area contributed by atoms with Crippen LogP contribution >= 0.6 is 0 Å². The van der Waals surface area contributed by atoms with Crippen LogP contribution in [0.4, 0.5) is 0 Å². The number of carboxylic acids is 1. The van der Waals surface area contributed by atoms with Crippen molar-refractivity contribution in [2.75, 3.05) is 7.11 Å². The Kier molecular flexibility index (Phi) is 4.47. The van der Waals surface area contributed by atoms with Crippen molar-refractivity contribution < 1.29 is 14.6 Å². The molecule has 0 unspecified atom stereocenters. The lowest BCUT2D eigenvalue weighted by atomic mass is 10.0. The molecule has 0 aliphatic rings. The molecule has 0 saturated carbocycles. The van der Waals surface area contributed by atoms with E-state index in [0.29, 0.717) is 23.8 Å². The number of rotatable bonds is 5. The van der Waals surface area contributed by atoms with E-state index in [2.05, 4.69) is 15.0 Å². The quantitative estimate of drug-likeness (QED) is 0.908. The first kappa shape index (κ1) is 14.9. The first-order valence-electron chi connectivity index (χ1n) is 6.59. The first-order valence-corrected chi connectivity index (χ1v) is 6.59. The Morgan fingerprint density at radius 3 is 2.57 bits per heavy atom. The summed E-state index contributed by atoms with van der Waals surface area (Å²) in [6, 6.07) is 3.65. The predicted molar refractivity (Wildman–Crippen MR) is 76.7 cm³/mol. The Morgan fingerprint density at radius 2 is 2.05 bits per heavy atom. The topological polar surface area (TPSA) is 85.2 Å². The lowest BCUT2D eigenvalue weighted by Crippen LogP contribution is -2.10. The Labute approximate surface area is 122 Å². The molecule has 0 spiro atoms. The summed E-state index contributed by atoms with van der Waals surface area (Å²) < 4.78 is 5.00. The van der Waals surface area contributed by atoms with Crippen LogP contribution in [-0.4, -0.2) is 33.1 Å². The lowest BCUT2D eigenvalue weighted by molar-refractivity contribution is 0.0694. The molecule has 6 nitrogen and oxygen atoms in total. The summed E-state index contributed by atoms with van der Waals surface area (Å²) in [5.74, 6) is 0.141. The van der Waals surface area contributed by atoms with E-state index >= 15 is 0 Å². The van der Waals surface area contributed by atoms with Crippen molar-refractivity contribution in [3.05, 3.63) is 47.2 Å². The SMILES string of the molecule is COc1ccc(Cc2ncc(C(=O)O)c(C(C)C)n2)cn1. The Balaban J connectivity index is 2.27. The number of aromatic nitrogens is 3. The maximum absolute atomic E-state index is 11.2. The minimum Gasteiger partial charge on any atom is -0.481 e. The van der Waals surface area contributed by atoms with E-state index in [-0.39, 0.29) is 11.5 Å². The highest BCUT2D eigenvalue weighted by molar-refractivity contribution is 5.88. The molecule has 0 amide bonds. The maximum atomic E-state index is 11.2. The van der Waals surface area contributed by atoms with Crippen molar-refractivity contribution in [3.63, 3.8) is 0 Å². The van der Waals surface area contributed by atoms with Crippen molar-refractivity contribution in [1.29, 1.82) is 0 Å². The van der Waals surface area contributed by atoms with Gasteiger partial charge in [0.05, 0.1) is 18.4 Å². The zero-order valence-electron chi connectivity index (χ0n) is 12.2. The molecule has 0 saturated heterocycles. The lowest BCUT2D eigenvalue weighted by Gasteiger charge is -2.10. The third-order valence-corrected chi connectivity index (χ3v) is 3.01. The van der Waals surface area contributed by atoms with Gasteiger partial charge in [0.25, 0.3) is 0 Å². The number of pyridine rings is 1. The van der Waals surface area contributed by atoms with Crippen molar-refractivity contribution in [1.82, 2.24) is 15.0 Å². The largest absolute Gasteiger partial charge is 0.481 e. The van der Waals surface area contributed by atoms with Crippen LogP contribution < -0.4 is 4.74 Å². The van der Waals surface area contributed by atoms with Gasteiger partial charge in [-0.15, -0.1) is 0 Å². The third kappa shape index (κ3) is 3.53. The zero-order chi connectivity index (χ0) is 15.4. The van der Waals surface area contributed by atoms with E-state index in [9.17, 15) is 4.79 Å². The van der Waals surface area contributed by atoms with Crippen molar-refractivity contribution in [2.24, 2.45) is 0 Å². The molecule has 2 heterocycles. The number of hydrogen-bond donors (Lipinski definition) is 1. The molecule has 6 heteroatoms. The van der Waals surface area contributed by atoms with Crippen molar-refractivity contribution in [2.45, 2.75) is 26.2 Å². The van der Waals surface area contributed by atoms with E-state index in [1.807, 2.05) is 19.9 Å². The smallest absolute Gasteiger partial charge is 0.339 e. The Bertz CT molecular complexity index is 639. The molecule has 1 N–H and O–H groups in total. The van der Waals surface area contributed by atoms with Crippen LogP contribution in [0.15, 0.2) is 24.5 Å². The predicted octanol–water partition coefficient (Wildman–Crippen LogP) is 2.29. The van der Waals surface area contributed by atoms with Crippen LogP contribution in [0.2, 0.25) is 0 Å².